The molecule has 0 aliphatic heterocycles. The third kappa shape index (κ3) is 4.35. The van der Waals surface area contributed by atoms with E-state index in [0.717, 1.165) is 52.1 Å². The maximum Gasteiger partial charge on any atom is 0.0973 e. The van der Waals surface area contributed by atoms with Gasteiger partial charge in [0.15, 0.2) is 0 Å². The van der Waals surface area contributed by atoms with Crippen molar-refractivity contribution >= 4 is 82.8 Å². The zero-order valence-corrected chi connectivity index (χ0v) is 32.4. The summed E-state index contributed by atoms with van der Waals surface area (Å²) in [7, 11) is 0. The largest absolute Gasteiger partial charge is 0.315 e. The number of hydrogen-bond donors (Lipinski definition) is 0. The van der Waals surface area contributed by atoms with E-state index in [1.807, 2.05) is 12.1 Å². The van der Waals surface area contributed by atoms with Crippen molar-refractivity contribution in [2.24, 2.45) is 5.92 Å². The second kappa shape index (κ2) is 11.7. The number of rotatable bonds is 3. The van der Waals surface area contributed by atoms with E-state index in [9.17, 15) is 0 Å². The van der Waals surface area contributed by atoms with Crippen LogP contribution in [-0.2, 0) is 6.42 Å². The Labute approximate surface area is 335 Å². The zero-order chi connectivity index (χ0) is 38.2. The Bertz CT molecular complexity index is 3600. The lowest BCUT2D eigenvalue weighted by Crippen LogP contribution is -2.09. The molecule has 2 aliphatic carbocycles. The first-order valence-electron chi connectivity index (χ1n) is 20.6. The van der Waals surface area contributed by atoms with Crippen LogP contribution in [0.2, 0.25) is 0 Å². The lowest BCUT2D eigenvalue weighted by atomic mass is 9.89. The molecule has 2 atom stereocenters. The van der Waals surface area contributed by atoms with Crippen molar-refractivity contribution in [3.63, 3.8) is 0 Å². The van der Waals surface area contributed by atoms with Gasteiger partial charge in [0, 0.05) is 66.8 Å². The summed E-state index contributed by atoms with van der Waals surface area (Å²) in [5, 5.41) is 10.4. The number of hydrogen-bond acceptors (Lipinski definition) is 2. The van der Waals surface area contributed by atoms with Crippen LogP contribution in [-0.4, -0.2) is 18.9 Å². The highest BCUT2D eigenvalue weighted by Crippen LogP contribution is 2.50. The van der Waals surface area contributed by atoms with Crippen molar-refractivity contribution in [1.82, 2.24) is 18.9 Å². The average Bonchev–Trinajstić information content (AvgIpc) is 3.90. The summed E-state index contributed by atoms with van der Waals surface area (Å²) < 4.78 is 5.20. The minimum absolute atomic E-state index is 0.456. The molecule has 4 nitrogen and oxygen atoms in total. The molecule has 0 radical (unpaired) electrons. The zero-order valence-electron chi connectivity index (χ0n) is 32.4. The second-order valence-electron chi connectivity index (χ2n) is 16.7. The Morgan fingerprint density at radius 1 is 0.569 bits per heavy atom. The average molecular weight is 743 g/mol. The molecule has 0 bridgehead atoms. The highest BCUT2D eigenvalue weighted by molar-refractivity contribution is 6.32. The first-order valence-corrected chi connectivity index (χ1v) is 20.6. The second-order valence-corrected chi connectivity index (χ2v) is 16.7. The summed E-state index contributed by atoms with van der Waals surface area (Å²) in [5.74, 6) is 0.957. The predicted octanol–water partition coefficient (Wildman–Crippen LogP) is 13.9. The van der Waals surface area contributed by atoms with Crippen LogP contribution in [0.15, 0.2) is 146 Å². The highest BCUT2D eigenvalue weighted by atomic mass is 15.0. The van der Waals surface area contributed by atoms with E-state index >= 15 is 0 Å². The number of benzene rings is 7. The first-order chi connectivity index (χ1) is 28.6. The fourth-order valence-electron chi connectivity index (χ4n) is 10.5. The molecule has 274 valence electrons. The van der Waals surface area contributed by atoms with Crippen LogP contribution in [0.3, 0.4) is 0 Å². The standard InChI is InChI=1S/C54H38N4/c1-31-18-26-41-46(28-31)58-53-32(2)10-9-15-40(53)42-30-47-50(49(41)54(42)58)48-39-14-6-5-12-34(39)23-27-45(48)57(47)38-24-21-35(22-25-38)51-52(56-44-17-8-7-16-43(44)55-51)37-20-19-33-11-3-4-13-36(33)29-37/h3-9,11-27,29-32H,10,28H2,1-2H3. The molecule has 0 N–H and O–H groups in total. The van der Waals surface area contributed by atoms with E-state index < -0.39 is 0 Å². The normalized spacial score (nSPS) is 16.5. The van der Waals surface area contributed by atoms with Crippen molar-refractivity contribution in [2.45, 2.75) is 32.6 Å². The number of aromatic nitrogens is 4. The van der Waals surface area contributed by atoms with Gasteiger partial charge in [0.05, 0.1) is 39.0 Å². The van der Waals surface area contributed by atoms with E-state index in [1.54, 1.807) is 0 Å². The monoisotopic (exact) mass is 742 g/mol. The van der Waals surface area contributed by atoms with Crippen LogP contribution in [0.4, 0.5) is 0 Å². The molecule has 4 heterocycles. The van der Waals surface area contributed by atoms with Gasteiger partial charge in [-0.25, -0.2) is 9.97 Å². The molecular formula is C54H38N4. The van der Waals surface area contributed by atoms with Gasteiger partial charge in [0.25, 0.3) is 0 Å². The number of nitrogens with zero attached hydrogens (tertiary/aromatic N) is 4. The Balaban J connectivity index is 1.09. The summed E-state index contributed by atoms with van der Waals surface area (Å²) in [4.78, 5) is 10.5. The minimum atomic E-state index is 0.456. The van der Waals surface area contributed by atoms with Gasteiger partial charge in [-0.2, -0.15) is 0 Å². The maximum atomic E-state index is 5.29. The summed E-state index contributed by atoms with van der Waals surface area (Å²) in [6.45, 7) is 4.76. The molecule has 4 heteroatoms. The summed E-state index contributed by atoms with van der Waals surface area (Å²) in [5.41, 5.74) is 16.4. The van der Waals surface area contributed by atoms with Gasteiger partial charge in [0.1, 0.15) is 0 Å². The maximum absolute atomic E-state index is 5.29. The SMILES string of the molecule is CC1C=Cc2c(n3c4c(c5cc6c(c2c53)c2c3ccccc3ccc2n6-c2ccc(-c3nc5ccccc5nc3-c3ccc5ccccc5c3)cc2)C=CCC4C)C1. The summed E-state index contributed by atoms with van der Waals surface area (Å²) in [6.07, 6.45) is 11.7. The van der Waals surface area contributed by atoms with Crippen molar-refractivity contribution in [1.29, 1.82) is 0 Å². The van der Waals surface area contributed by atoms with E-state index in [2.05, 4.69) is 168 Å². The van der Waals surface area contributed by atoms with Gasteiger partial charge in [-0.1, -0.05) is 129 Å². The Morgan fingerprint density at radius 3 is 2.10 bits per heavy atom. The van der Waals surface area contributed by atoms with Crippen molar-refractivity contribution in [3.8, 4) is 28.2 Å². The van der Waals surface area contributed by atoms with Crippen LogP contribution in [0.5, 0.6) is 0 Å². The third-order valence-electron chi connectivity index (χ3n) is 13.1. The smallest absolute Gasteiger partial charge is 0.0973 e. The lowest BCUT2D eigenvalue weighted by molar-refractivity contribution is 0.671. The predicted molar refractivity (Wildman–Crippen MR) is 243 cm³/mol. The van der Waals surface area contributed by atoms with Gasteiger partial charge in [-0.3, -0.25) is 0 Å². The van der Waals surface area contributed by atoms with E-state index in [4.69, 9.17) is 9.97 Å². The number of para-hydroxylation sites is 2. The Hall–Kier alpha value is -7.04. The number of allylic oxidation sites excluding steroid dienone is 2. The third-order valence-corrected chi connectivity index (χ3v) is 13.1. The molecule has 58 heavy (non-hydrogen) atoms. The molecule has 4 aromatic heterocycles. The van der Waals surface area contributed by atoms with Crippen molar-refractivity contribution in [2.75, 3.05) is 0 Å². The first kappa shape index (κ1) is 32.1. The molecule has 7 aromatic carbocycles. The van der Waals surface area contributed by atoms with E-state index in [1.165, 1.54) is 82.2 Å². The quantitative estimate of drug-likeness (QED) is 0.181. The lowest BCUT2D eigenvalue weighted by Gasteiger charge is -2.19. The van der Waals surface area contributed by atoms with Crippen LogP contribution >= 0.6 is 0 Å². The molecule has 2 aliphatic rings. The van der Waals surface area contributed by atoms with Crippen LogP contribution in [0.1, 0.15) is 48.7 Å². The van der Waals surface area contributed by atoms with E-state index in [-0.39, 0.29) is 0 Å². The Morgan fingerprint density at radius 2 is 1.28 bits per heavy atom. The molecule has 11 aromatic rings. The van der Waals surface area contributed by atoms with Gasteiger partial charge < -0.3 is 8.97 Å². The van der Waals surface area contributed by atoms with Gasteiger partial charge in [0.2, 0.25) is 0 Å². The van der Waals surface area contributed by atoms with Gasteiger partial charge >= 0.3 is 0 Å². The molecule has 0 spiro atoms. The fraction of sp³-hybridized carbons (Fsp3) is 0.111. The molecule has 0 saturated heterocycles. The topological polar surface area (TPSA) is 35.1 Å². The molecule has 13 rings (SSSR count). The fourth-order valence-corrected chi connectivity index (χ4v) is 10.5. The molecular weight excluding hydrogens is 705 g/mol. The minimum Gasteiger partial charge on any atom is -0.315 e. The van der Waals surface area contributed by atoms with Gasteiger partial charge in [-0.05, 0) is 82.8 Å². The van der Waals surface area contributed by atoms with Gasteiger partial charge in [-0.15, -0.1) is 0 Å². The van der Waals surface area contributed by atoms with Crippen molar-refractivity contribution < 1.29 is 0 Å². The van der Waals surface area contributed by atoms with Crippen LogP contribution in [0, 0.1) is 5.92 Å². The molecule has 0 fully saturated rings. The summed E-state index contributed by atoms with van der Waals surface area (Å²) in [6, 6.07) is 48.4. The number of fused-ring (bicyclic) bond motifs is 14. The van der Waals surface area contributed by atoms with Crippen LogP contribution in [0.25, 0.3) is 111 Å². The highest BCUT2D eigenvalue weighted by Gasteiger charge is 2.32. The summed E-state index contributed by atoms with van der Waals surface area (Å²) >= 11 is 0. The molecule has 2 unspecified atom stereocenters. The Kier molecular flexibility index (Phi) is 6.50. The van der Waals surface area contributed by atoms with Crippen LogP contribution < -0.4 is 0 Å². The molecule has 0 saturated carbocycles. The van der Waals surface area contributed by atoms with E-state index in [0.29, 0.717) is 11.8 Å². The van der Waals surface area contributed by atoms with Crippen molar-refractivity contribution in [3.05, 3.63) is 168 Å². The molecule has 0 amide bonds.